The zero-order valence-electron chi connectivity index (χ0n) is 9.12. The number of amides is 1. The van der Waals surface area contributed by atoms with Gasteiger partial charge in [0.1, 0.15) is 0 Å². The van der Waals surface area contributed by atoms with Crippen molar-refractivity contribution in [3.8, 4) is 11.8 Å². The van der Waals surface area contributed by atoms with Crippen LogP contribution in [0.15, 0.2) is 24.3 Å². The molecule has 3 nitrogen and oxygen atoms in total. The number of thioether (sulfide) groups is 1. The summed E-state index contributed by atoms with van der Waals surface area (Å²) in [5, 5.41) is 2.82. The highest BCUT2D eigenvalue weighted by atomic mass is 32.2. The highest BCUT2D eigenvalue weighted by molar-refractivity contribution is 7.99. The van der Waals surface area contributed by atoms with Gasteiger partial charge in [-0.1, -0.05) is 24.0 Å². The second kappa shape index (κ2) is 6.94. The lowest BCUT2D eigenvalue weighted by Crippen LogP contribution is -2.14. The van der Waals surface area contributed by atoms with Crippen molar-refractivity contribution in [1.82, 2.24) is 0 Å². The third kappa shape index (κ3) is 3.97. The summed E-state index contributed by atoms with van der Waals surface area (Å²) in [7, 11) is 0. The summed E-state index contributed by atoms with van der Waals surface area (Å²) in [5.41, 5.74) is 6.84. The SMILES string of the molecule is CSCC(=O)Nc1ccccc1C#CCN. The van der Waals surface area contributed by atoms with Gasteiger partial charge in [-0.25, -0.2) is 0 Å². The minimum Gasteiger partial charge on any atom is -0.324 e. The predicted molar refractivity (Wildman–Crippen MR) is 69.4 cm³/mol. The fraction of sp³-hybridized carbons (Fsp3) is 0.250. The van der Waals surface area contributed by atoms with Crippen molar-refractivity contribution in [3.63, 3.8) is 0 Å². The number of benzene rings is 1. The van der Waals surface area contributed by atoms with Crippen LogP contribution in [0.4, 0.5) is 5.69 Å². The summed E-state index contributed by atoms with van der Waals surface area (Å²) in [5.74, 6) is 6.12. The van der Waals surface area contributed by atoms with Crippen LogP contribution < -0.4 is 11.1 Å². The van der Waals surface area contributed by atoms with Gasteiger partial charge < -0.3 is 11.1 Å². The Morgan fingerprint density at radius 1 is 1.50 bits per heavy atom. The minimum atomic E-state index is -0.0190. The summed E-state index contributed by atoms with van der Waals surface area (Å²) in [6.07, 6.45) is 1.89. The highest BCUT2D eigenvalue weighted by Gasteiger charge is 2.03. The molecule has 1 aromatic carbocycles. The summed E-state index contributed by atoms with van der Waals surface area (Å²) < 4.78 is 0. The average Bonchev–Trinajstić information content (AvgIpc) is 2.28. The molecule has 0 aliphatic heterocycles. The van der Waals surface area contributed by atoms with Crippen LogP contribution in [0.2, 0.25) is 0 Å². The molecule has 0 aliphatic rings. The summed E-state index contributed by atoms with van der Waals surface area (Å²) >= 11 is 1.48. The molecule has 0 atom stereocenters. The number of hydrogen-bond donors (Lipinski definition) is 2. The Morgan fingerprint density at radius 2 is 2.25 bits per heavy atom. The molecule has 0 aliphatic carbocycles. The van der Waals surface area contributed by atoms with Gasteiger partial charge >= 0.3 is 0 Å². The fourth-order valence-corrected chi connectivity index (χ4v) is 1.50. The predicted octanol–water partition coefficient (Wildman–Crippen LogP) is 1.30. The van der Waals surface area contributed by atoms with Crippen LogP contribution in [0.3, 0.4) is 0 Å². The maximum Gasteiger partial charge on any atom is 0.234 e. The molecule has 0 saturated carbocycles. The van der Waals surface area contributed by atoms with Crippen molar-refractivity contribution in [2.24, 2.45) is 5.73 Å². The Hall–Kier alpha value is -1.44. The molecule has 0 spiro atoms. The van der Waals surface area contributed by atoms with E-state index in [1.807, 2.05) is 30.5 Å². The van der Waals surface area contributed by atoms with Crippen LogP contribution in [-0.2, 0) is 4.79 Å². The molecule has 3 N–H and O–H groups in total. The summed E-state index contributed by atoms with van der Waals surface area (Å²) in [4.78, 5) is 11.4. The Bertz CT molecular complexity index is 421. The van der Waals surface area contributed by atoms with Crippen LogP contribution >= 0.6 is 11.8 Å². The quantitative estimate of drug-likeness (QED) is 0.775. The Balaban J connectivity index is 2.82. The van der Waals surface area contributed by atoms with E-state index in [-0.39, 0.29) is 5.91 Å². The summed E-state index contributed by atoms with van der Waals surface area (Å²) in [6.45, 7) is 0.313. The number of carbonyl (C=O) groups excluding carboxylic acids is 1. The zero-order valence-corrected chi connectivity index (χ0v) is 9.93. The molecule has 16 heavy (non-hydrogen) atoms. The number of nitrogens with one attached hydrogen (secondary N) is 1. The largest absolute Gasteiger partial charge is 0.324 e. The van der Waals surface area contributed by atoms with Crippen LogP contribution in [0.1, 0.15) is 5.56 Å². The molecule has 0 heterocycles. The fourth-order valence-electron chi connectivity index (χ4n) is 1.16. The molecular weight excluding hydrogens is 220 g/mol. The molecule has 0 saturated heterocycles. The molecule has 0 bridgehead atoms. The van der Waals surface area contributed by atoms with E-state index < -0.39 is 0 Å². The number of carbonyl (C=O) groups is 1. The first-order chi connectivity index (χ1) is 7.77. The Labute approximate surface area is 99.8 Å². The van der Waals surface area contributed by atoms with Crippen LogP contribution in [0.25, 0.3) is 0 Å². The lowest BCUT2D eigenvalue weighted by Gasteiger charge is -2.06. The van der Waals surface area contributed by atoms with Crippen LogP contribution in [0.5, 0.6) is 0 Å². The van der Waals surface area contributed by atoms with Crippen molar-refractivity contribution in [2.75, 3.05) is 23.9 Å². The van der Waals surface area contributed by atoms with Crippen LogP contribution in [-0.4, -0.2) is 24.5 Å². The van der Waals surface area contributed by atoms with Gasteiger partial charge in [0, 0.05) is 5.56 Å². The minimum absolute atomic E-state index is 0.0190. The van der Waals surface area contributed by atoms with E-state index in [2.05, 4.69) is 17.2 Å². The van der Waals surface area contributed by atoms with E-state index in [9.17, 15) is 4.79 Å². The molecule has 0 fully saturated rings. The molecule has 4 heteroatoms. The first-order valence-corrected chi connectivity index (χ1v) is 6.24. The first kappa shape index (κ1) is 12.6. The molecule has 1 rings (SSSR count). The monoisotopic (exact) mass is 234 g/mol. The topological polar surface area (TPSA) is 55.1 Å². The van der Waals surface area contributed by atoms with E-state index in [0.29, 0.717) is 12.3 Å². The average molecular weight is 234 g/mol. The van der Waals surface area contributed by atoms with Crippen molar-refractivity contribution in [3.05, 3.63) is 29.8 Å². The van der Waals surface area contributed by atoms with E-state index in [1.165, 1.54) is 11.8 Å². The Kier molecular flexibility index (Phi) is 5.48. The molecule has 0 unspecified atom stereocenters. The number of nitrogens with two attached hydrogens (primary N) is 1. The second-order valence-corrected chi connectivity index (χ2v) is 3.90. The first-order valence-electron chi connectivity index (χ1n) is 4.84. The van der Waals surface area contributed by atoms with E-state index in [4.69, 9.17) is 5.73 Å². The number of rotatable bonds is 3. The van der Waals surface area contributed by atoms with Gasteiger partial charge in [-0.15, -0.1) is 0 Å². The summed E-state index contributed by atoms with van der Waals surface area (Å²) in [6, 6.07) is 7.43. The van der Waals surface area contributed by atoms with Crippen molar-refractivity contribution >= 4 is 23.4 Å². The van der Waals surface area contributed by atoms with Gasteiger partial charge in [0.15, 0.2) is 0 Å². The maximum atomic E-state index is 11.4. The molecule has 0 radical (unpaired) electrons. The van der Waals surface area contributed by atoms with Crippen molar-refractivity contribution < 1.29 is 4.79 Å². The zero-order chi connectivity index (χ0) is 11.8. The van der Waals surface area contributed by atoms with E-state index >= 15 is 0 Å². The standard InChI is InChI=1S/C12H14N2OS/c1-16-9-12(15)14-11-7-3-2-5-10(11)6-4-8-13/h2-3,5,7H,8-9,13H2,1H3,(H,14,15). The number of hydrogen-bond acceptors (Lipinski definition) is 3. The van der Waals surface area contributed by atoms with Gasteiger partial charge in [-0.2, -0.15) is 11.8 Å². The van der Waals surface area contributed by atoms with Crippen molar-refractivity contribution in [2.45, 2.75) is 0 Å². The van der Waals surface area contributed by atoms with Gasteiger partial charge in [0.2, 0.25) is 5.91 Å². The molecule has 1 aromatic rings. The number of para-hydroxylation sites is 1. The lowest BCUT2D eigenvalue weighted by molar-refractivity contribution is -0.113. The third-order valence-corrected chi connectivity index (χ3v) is 2.35. The molecule has 84 valence electrons. The molecular formula is C12H14N2OS. The smallest absolute Gasteiger partial charge is 0.234 e. The van der Waals surface area contributed by atoms with Gasteiger partial charge in [-0.3, -0.25) is 4.79 Å². The second-order valence-electron chi connectivity index (χ2n) is 3.03. The van der Waals surface area contributed by atoms with Crippen molar-refractivity contribution in [1.29, 1.82) is 0 Å². The van der Waals surface area contributed by atoms with E-state index in [1.54, 1.807) is 0 Å². The van der Waals surface area contributed by atoms with Gasteiger partial charge in [-0.05, 0) is 18.4 Å². The maximum absolute atomic E-state index is 11.4. The lowest BCUT2D eigenvalue weighted by atomic mass is 10.2. The molecule has 1 amide bonds. The van der Waals surface area contributed by atoms with Crippen LogP contribution in [0, 0.1) is 11.8 Å². The number of anilines is 1. The molecule has 0 aromatic heterocycles. The Morgan fingerprint density at radius 3 is 2.94 bits per heavy atom. The van der Waals surface area contributed by atoms with E-state index in [0.717, 1.165) is 11.3 Å². The third-order valence-electron chi connectivity index (χ3n) is 1.80. The normalized spacial score (nSPS) is 9.12. The van der Waals surface area contributed by atoms with Gasteiger partial charge in [0.05, 0.1) is 18.0 Å². The highest BCUT2D eigenvalue weighted by Crippen LogP contribution is 2.13. The van der Waals surface area contributed by atoms with Gasteiger partial charge in [0.25, 0.3) is 0 Å².